The molecule has 4 amide bonds. The van der Waals surface area contributed by atoms with Crippen LogP contribution in [0.2, 0.25) is 0 Å². The van der Waals surface area contributed by atoms with Crippen LogP contribution in [-0.4, -0.2) is 116 Å². The zero-order chi connectivity index (χ0) is 48.0. The predicted molar refractivity (Wildman–Crippen MR) is 259 cm³/mol. The van der Waals surface area contributed by atoms with Gasteiger partial charge in [0.15, 0.2) is 0 Å². The van der Waals surface area contributed by atoms with Crippen molar-refractivity contribution >= 4 is 51.8 Å². The molecule has 69 heavy (non-hydrogen) atoms. The third-order valence-corrected chi connectivity index (χ3v) is 15.5. The third-order valence-electron chi connectivity index (χ3n) is 15.5. The van der Waals surface area contributed by atoms with E-state index in [1.807, 2.05) is 9.80 Å². The number of rotatable bonds is 11. The van der Waals surface area contributed by atoms with E-state index in [1.165, 1.54) is 5.56 Å². The summed E-state index contributed by atoms with van der Waals surface area (Å²) < 4.78 is 11.1. The summed E-state index contributed by atoms with van der Waals surface area (Å²) >= 11 is 0. The minimum absolute atomic E-state index is 0.0101. The molecule has 0 bridgehead atoms. The lowest BCUT2D eigenvalue weighted by atomic mass is 9.87. The number of anilines is 1. The Labute approximate surface area is 401 Å². The number of carbonyl (C=O) groups is 4. The highest BCUT2D eigenvalue weighted by atomic mass is 16.5. The molecule has 5 aliphatic heterocycles. The molecule has 6 N–H and O–H groups in total. The van der Waals surface area contributed by atoms with Crippen molar-refractivity contribution in [2.45, 2.75) is 127 Å². The van der Waals surface area contributed by atoms with Crippen molar-refractivity contribution in [2.75, 3.05) is 44.4 Å². The van der Waals surface area contributed by atoms with Crippen LogP contribution >= 0.6 is 0 Å². The van der Waals surface area contributed by atoms with Gasteiger partial charge in [-0.2, -0.15) is 0 Å². The number of amides is 4. The van der Waals surface area contributed by atoms with Crippen molar-refractivity contribution in [1.82, 2.24) is 40.4 Å². The van der Waals surface area contributed by atoms with Crippen LogP contribution in [0.1, 0.15) is 137 Å². The molecule has 10 rings (SSSR count). The quantitative estimate of drug-likeness (QED) is 0.0740. The molecule has 17 heteroatoms. The third kappa shape index (κ3) is 9.47. The lowest BCUT2D eigenvalue weighted by molar-refractivity contribution is -0.137. The van der Waals surface area contributed by atoms with Crippen LogP contribution in [-0.2, 0) is 24.5 Å². The molecule has 366 valence electrons. The van der Waals surface area contributed by atoms with Gasteiger partial charge in [0.1, 0.15) is 23.7 Å². The Morgan fingerprint density at radius 3 is 1.45 bits per heavy atom. The average molecular weight is 944 g/mol. The van der Waals surface area contributed by atoms with Gasteiger partial charge in [0, 0.05) is 45.2 Å². The summed E-state index contributed by atoms with van der Waals surface area (Å²) in [6, 6.07) is 19.6. The first-order chi connectivity index (χ1) is 33.3. The predicted octanol–water partition coefficient (Wildman–Crippen LogP) is 8.27. The van der Waals surface area contributed by atoms with Crippen molar-refractivity contribution < 1.29 is 38.9 Å². The standard InChI is InChI=1S/C52H65N9O8/c1-52(2,3)34-10-12-35(13-11-34)61-40(32-8-14-36-38(28-32)55-46(53-36)42-6-4-22-59(42)48(62)44(57-50(64)65)30-18-24-68-25-19-30)16-17-41(61)33-9-15-37-39(29-33)56-47(54-37)43-7-5-23-60(43)49(63)45(58-51(66)67)31-20-26-69-27-21-31/h8-15,28-31,40-45,57-58H,4-7,16-27H2,1-3H3,(H,53,55)(H,54,56)(H,64,65)(H,66,67)/t40-,41-,42+,43+,44+,45+/m1/s1. The number of nitrogens with zero attached hydrogens (tertiary/aromatic N) is 5. The van der Waals surface area contributed by atoms with E-state index in [1.54, 1.807) is 0 Å². The normalized spacial score (nSPS) is 23.7. The van der Waals surface area contributed by atoms with Crippen molar-refractivity contribution in [3.8, 4) is 0 Å². The molecule has 0 unspecified atom stereocenters. The Morgan fingerprint density at radius 2 is 1.04 bits per heavy atom. The first kappa shape index (κ1) is 46.5. The zero-order valence-electron chi connectivity index (χ0n) is 39.8. The second kappa shape index (κ2) is 19.3. The molecule has 5 fully saturated rings. The van der Waals surface area contributed by atoms with E-state index in [0.29, 0.717) is 76.8 Å². The molecule has 0 aliphatic carbocycles. The summed E-state index contributed by atoms with van der Waals surface area (Å²) in [7, 11) is 0. The Morgan fingerprint density at radius 1 is 0.609 bits per heavy atom. The number of imidazole rings is 2. The fraction of sp³-hybridized carbons (Fsp3) is 0.538. The summed E-state index contributed by atoms with van der Waals surface area (Å²) in [5, 5.41) is 24.5. The van der Waals surface area contributed by atoms with Crippen LogP contribution < -0.4 is 15.5 Å². The minimum Gasteiger partial charge on any atom is -0.465 e. The topological polar surface area (TPSA) is 218 Å². The van der Waals surface area contributed by atoms with Crippen molar-refractivity contribution in [3.05, 3.63) is 89.0 Å². The smallest absolute Gasteiger partial charge is 0.405 e. The van der Waals surface area contributed by atoms with E-state index in [4.69, 9.17) is 19.4 Å². The fourth-order valence-electron chi connectivity index (χ4n) is 11.9. The summed E-state index contributed by atoms with van der Waals surface area (Å²) in [6.07, 6.45) is 4.93. The van der Waals surface area contributed by atoms with Gasteiger partial charge >= 0.3 is 12.2 Å². The number of benzene rings is 3. The Bertz CT molecular complexity index is 2530. The summed E-state index contributed by atoms with van der Waals surface area (Å²) in [4.78, 5) is 75.6. The number of hydrogen-bond acceptors (Lipinski definition) is 9. The Kier molecular flexibility index (Phi) is 13.0. The van der Waals surface area contributed by atoms with E-state index in [2.05, 4.69) is 107 Å². The molecule has 5 aliphatic rings. The van der Waals surface area contributed by atoms with Gasteiger partial charge < -0.3 is 55.0 Å². The first-order valence-electron chi connectivity index (χ1n) is 24.9. The van der Waals surface area contributed by atoms with Gasteiger partial charge in [0.25, 0.3) is 0 Å². The molecule has 6 atom stereocenters. The Hall–Kier alpha value is -6.20. The molecule has 7 heterocycles. The molecule has 17 nitrogen and oxygen atoms in total. The maximum absolute atomic E-state index is 14.1. The number of H-pyrrole nitrogens is 2. The summed E-state index contributed by atoms with van der Waals surface area (Å²) in [5.41, 5.74) is 8.04. The highest BCUT2D eigenvalue weighted by Gasteiger charge is 2.42. The summed E-state index contributed by atoms with van der Waals surface area (Å²) in [5.74, 6) is 0.747. The monoisotopic (exact) mass is 943 g/mol. The van der Waals surface area contributed by atoms with Gasteiger partial charge in [0.2, 0.25) is 11.8 Å². The van der Waals surface area contributed by atoms with Crippen LogP contribution in [0.4, 0.5) is 15.3 Å². The molecule has 0 saturated carbocycles. The number of hydrogen-bond donors (Lipinski definition) is 6. The molecule has 3 aromatic carbocycles. The molecular weight excluding hydrogens is 879 g/mol. The van der Waals surface area contributed by atoms with Crippen LogP contribution in [0.3, 0.4) is 0 Å². The number of fused-ring (bicyclic) bond motifs is 2. The highest BCUT2D eigenvalue weighted by Crippen LogP contribution is 2.48. The highest BCUT2D eigenvalue weighted by molar-refractivity contribution is 5.87. The van der Waals surface area contributed by atoms with Crippen molar-refractivity contribution in [3.63, 3.8) is 0 Å². The molecule has 2 aromatic heterocycles. The second-order valence-electron chi connectivity index (χ2n) is 20.7. The van der Waals surface area contributed by atoms with E-state index in [9.17, 15) is 29.4 Å². The zero-order valence-corrected chi connectivity index (χ0v) is 39.8. The van der Waals surface area contributed by atoms with Crippen molar-refractivity contribution in [1.29, 1.82) is 0 Å². The van der Waals surface area contributed by atoms with Crippen LogP contribution in [0.5, 0.6) is 0 Å². The van der Waals surface area contributed by atoms with Crippen LogP contribution in [0.25, 0.3) is 22.1 Å². The fourth-order valence-corrected chi connectivity index (χ4v) is 11.9. The van der Waals surface area contributed by atoms with E-state index < -0.39 is 24.3 Å². The largest absolute Gasteiger partial charge is 0.465 e. The van der Waals surface area contributed by atoms with Crippen molar-refractivity contribution in [2.24, 2.45) is 11.8 Å². The van der Waals surface area contributed by atoms with Gasteiger partial charge in [-0.25, -0.2) is 19.6 Å². The molecular formula is C52H65N9O8. The number of aromatic amines is 2. The molecule has 5 aromatic rings. The Balaban J connectivity index is 0.927. The first-order valence-corrected chi connectivity index (χ1v) is 24.9. The lowest BCUT2D eigenvalue weighted by Gasteiger charge is -2.34. The number of carbonyl (C=O) groups excluding carboxylic acids is 2. The van der Waals surface area contributed by atoms with Gasteiger partial charge in [-0.3, -0.25) is 9.59 Å². The maximum atomic E-state index is 14.1. The number of likely N-dealkylation sites (tertiary alicyclic amines) is 2. The number of nitrogens with one attached hydrogen (secondary N) is 4. The number of ether oxygens (including phenoxy) is 2. The summed E-state index contributed by atoms with van der Waals surface area (Å²) in [6.45, 7) is 9.76. The molecule has 5 saturated heterocycles. The SMILES string of the molecule is CC(C)(C)c1ccc(N2[C@@H](c3ccc4[nH]c([C@@H]5CCCN5C(=O)[C@@H](NC(=O)O)C5CCOCC5)nc4c3)CC[C@@H]2c2ccc3[nH]c([C@@H]4CCCN4C(=O)[C@@H](NC(=O)O)C4CCOCC4)nc3c2)cc1. The second-order valence-corrected chi connectivity index (χ2v) is 20.7. The van der Waals surface area contributed by atoms with Gasteiger partial charge in [-0.05, 0) is 135 Å². The van der Waals surface area contributed by atoms with E-state index in [-0.39, 0.29) is 53.2 Å². The van der Waals surface area contributed by atoms with Crippen LogP contribution in [0.15, 0.2) is 60.7 Å². The van der Waals surface area contributed by atoms with Gasteiger partial charge in [-0.1, -0.05) is 45.0 Å². The average Bonchev–Trinajstić information content (AvgIpc) is 4.21. The number of aromatic nitrogens is 4. The van der Waals surface area contributed by atoms with Crippen LogP contribution in [0, 0.1) is 11.8 Å². The minimum atomic E-state index is -1.20. The lowest BCUT2D eigenvalue weighted by Crippen LogP contribution is -2.52. The number of carboxylic acid groups (broad SMARTS) is 2. The molecule has 0 radical (unpaired) electrons. The van der Waals surface area contributed by atoms with E-state index in [0.717, 1.165) is 77.4 Å². The van der Waals surface area contributed by atoms with Gasteiger partial charge in [0.05, 0.1) is 46.2 Å². The maximum Gasteiger partial charge on any atom is 0.405 e. The molecule has 0 spiro atoms. The van der Waals surface area contributed by atoms with Gasteiger partial charge in [-0.15, -0.1) is 0 Å². The van der Waals surface area contributed by atoms with E-state index >= 15 is 0 Å².